The van der Waals surface area contributed by atoms with E-state index in [9.17, 15) is 13.9 Å². The third kappa shape index (κ3) is 2.58. The second-order valence-electron chi connectivity index (χ2n) is 5.87. The molecule has 0 spiro atoms. The lowest BCUT2D eigenvalue weighted by Gasteiger charge is -2.38. The molecule has 1 unspecified atom stereocenters. The summed E-state index contributed by atoms with van der Waals surface area (Å²) in [5.74, 6) is -1.66. The number of aryl methyl sites for hydroxylation is 1. The van der Waals surface area contributed by atoms with Crippen LogP contribution in [0.25, 0.3) is 0 Å². The van der Waals surface area contributed by atoms with Crippen LogP contribution in [0.2, 0.25) is 0 Å². The number of halogens is 2. The lowest BCUT2D eigenvalue weighted by Crippen LogP contribution is -2.37. The Morgan fingerprint density at radius 2 is 1.86 bits per heavy atom. The van der Waals surface area contributed by atoms with Gasteiger partial charge in [0, 0.05) is 5.41 Å². The Labute approximate surface area is 123 Å². The van der Waals surface area contributed by atoms with Crippen molar-refractivity contribution in [3.05, 3.63) is 70.8 Å². The fourth-order valence-corrected chi connectivity index (χ4v) is 3.45. The summed E-state index contributed by atoms with van der Waals surface area (Å²) in [6.45, 7) is 0.0169. The summed E-state index contributed by atoms with van der Waals surface area (Å²) in [5.41, 5.74) is 2.72. The first-order valence-corrected chi connectivity index (χ1v) is 7.28. The summed E-state index contributed by atoms with van der Waals surface area (Å²) >= 11 is 0. The molecule has 0 aromatic heterocycles. The number of fused-ring (bicyclic) bond motifs is 1. The van der Waals surface area contributed by atoms with Gasteiger partial charge in [-0.1, -0.05) is 30.3 Å². The maximum Gasteiger partial charge on any atom is 0.159 e. The molecule has 0 fully saturated rings. The number of rotatable bonds is 3. The van der Waals surface area contributed by atoms with Gasteiger partial charge in [0.2, 0.25) is 0 Å². The Bertz CT molecular complexity index is 653. The SMILES string of the molecule is OCC1(Cc2ccc(F)c(F)c2)CCCc2ccccc21. The van der Waals surface area contributed by atoms with Crippen LogP contribution in [-0.2, 0) is 18.3 Å². The first-order valence-electron chi connectivity index (χ1n) is 7.28. The van der Waals surface area contributed by atoms with Crippen LogP contribution in [0.1, 0.15) is 29.5 Å². The van der Waals surface area contributed by atoms with Crippen LogP contribution >= 0.6 is 0 Å². The molecule has 2 aromatic rings. The first-order chi connectivity index (χ1) is 10.1. The number of hydrogen-bond acceptors (Lipinski definition) is 1. The average Bonchev–Trinajstić information content (AvgIpc) is 2.51. The van der Waals surface area contributed by atoms with Gasteiger partial charge in [-0.25, -0.2) is 8.78 Å². The summed E-state index contributed by atoms with van der Waals surface area (Å²) < 4.78 is 26.5. The van der Waals surface area contributed by atoms with Crippen molar-refractivity contribution in [2.75, 3.05) is 6.61 Å². The van der Waals surface area contributed by atoms with Crippen molar-refractivity contribution < 1.29 is 13.9 Å². The molecular formula is C18H18F2O. The van der Waals surface area contributed by atoms with Crippen LogP contribution in [0.4, 0.5) is 8.78 Å². The molecule has 2 aromatic carbocycles. The molecule has 0 bridgehead atoms. The van der Waals surface area contributed by atoms with E-state index in [0.29, 0.717) is 6.42 Å². The average molecular weight is 288 g/mol. The Balaban J connectivity index is 2.00. The normalized spacial score (nSPS) is 21.1. The highest BCUT2D eigenvalue weighted by Crippen LogP contribution is 2.39. The minimum absolute atomic E-state index is 0.0169. The van der Waals surface area contributed by atoms with E-state index in [0.717, 1.165) is 36.5 Å². The highest BCUT2D eigenvalue weighted by molar-refractivity contribution is 5.39. The molecule has 1 N–H and O–H groups in total. The second-order valence-corrected chi connectivity index (χ2v) is 5.87. The molecular weight excluding hydrogens is 270 g/mol. The zero-order valence-corrected chi connectivity index (χ0v) is 11.8. The van der Waals surface area contributed by atoms with Gasteiger partial charge in [0.05, 0.1) is 6.61 Å². The lowest BCUT2D eigenvalue weighted by atomic mass is 9.67. The largest absolute Gasteiger partial charge is 0.395 e. The molecule has 1 aliphatic carbocycles. The zero-order chi connectivity index (χ0) is 14.9. The summed E-state index contributed by atoms with van der Waals surface area (Å²) in [7, 11) is 0. The van der Waals surface area contributed by atoms with E-state index >= 15 is 0 Å². The highest BCUT2D eigenvalue weighted by atomic mass is 19.2. The van der Waals surface area contributed by atoms with E-state index < -0.39 is 11.6 Å². The molecule has 0 saturated heterocycles. The van der Waals surface area contributed by atoms with Crippen molar-refractivity contribution in [1.82, 2.24) is 0 Å². The van der Waals surface area contributed by atoms with Crippen LogP contribution in [0.5, 0.6) is 0 Å². The molecule has 3 heteroatoms. The molecule has 1 nitrogen and oxygen atoms in total. The molecule has 0 heterocycles. The number of aliphatic hydroxyl groups is 1. The highest BCUT2D eigenvalue weighted by Gasteiger charge is 2.36. The summed E-state index contributed by atoms with van der Waals surface area (Å²) in [4.78, 5) is 0. The topological polar surface area (TPSA) is 20.2 Å². The van der Waals surface area contributed by atoms with Crippen LogP contribution in [0, 0.1) is 11.6 Å². The van der Waals surface area contributed by atoms with Gasteiger partial charge < -0.3 is 5.11 Å². The lowest BCUT2D eigenvalue weighted by molar-refractivity contribution is 0.173. The molecule has 1 aliphatic rings. The predicted molar refractivity (Wildman–Crippen MR) is 78.2 cm³/mol. The molecule has 1 atom stereocenters. The first kappa shape index (κ1) is 14.2. The minimum atomic E-state index is -0.833. The maximum absolute atomic E-state index is 13.4. The molecule has 110 valence electrons. The number of aliphatic hydroxyl groups excluding tert-OH is 1. The Hall–Kier alpha value is -1.74. The van der Waals surface area contributed by atoms with Gasteiger partial charge in [-0.2, -0.15) is 0 Å². The van der Waals surface area contributed by atoms with E-state index in [2.05, 4.69) is 6.07 Å². The van der Waals surface area contributed by atoms with Crippen LogP contribution in [0.15, 0.2) is 42.5 Å². The molecule has 0 saturated carbocycles. The van der Waals surface area contributed by atoms with Crippen LogP contribution < -0.4 is 0 Å². The van der Waals surface area contributed by atoms with E-state index in [1.165, 1.54) is 11.6 Å². The molecule has 3 rings (SSSR count). The standard InChI is InChI=1S/C18H18F2O/c19-16-8-7-13(10-17(16)20)11-18(12-21)9-3-5-14-4-1-2-6-15(14)18/h1-2,4,6-8,10,21H,3,5,9,11-12H2. The van der Waals surface area contributed by atoms with Crippen molar-refractivity contribution >= 4 is 0 Å². The summed E-state index contributed by atoms with van der Waals surface area (Å²) in [5, 5.41) is 10.0. The second kappa shape index (κ2) is 5.57. The molecule has 0 aliphatic heterocycles. The predicted octanol–water partition coefficient (Wildman–Crippen LogP) is 3.77. The third-order valence-electron chi connectivity index (χ3n) is 4.52. The van der Waals surface area contributed by atoms with Gasteiger partial charge in [-0.05, 0) is 54.5 Å². The van der Waals surface area contributed by atoms with E-state index in [1.807, 2.05) is 18.2 Å². The van der Waals surface area contributed by atoms with E-state index in [-0.39, 0.29) is 12.0 Å². The van der Waals surface area contributed by atoms with E-state index in [1.54, 1.807) is 6.07 Å². The Morgan fingerprint density at radius 1 is 1.05 bits per heavy atom. The Kier molecular flexibility index (Phi) is 3.77. The van der Waals surface area contributed by atoms with Crippen molar-refractivity contribution in [2.45, 2.75) is 31.1 Å². The van der Waals surface area contributed by atoms with Gasteiger partial charge in [0.1, 0.15) is 0 Å². The number of hydrogen-bond donors (Lipinski definition) is 1. The fourth-order valence-electron chi connectivity index (χ4n) is 3.45. The molecule has 0 amide bonds. The summed E-state index contributed by atoms with van der Waals surface area (Å²) in [6, 6.07) is 12.1. The monoisotopic (exact) mass is 288 g/mol. The zero-order valence-electron chi connectivity index (χ0n) is 11.8. The molecule has 0 radical (unpaired) electrons. The van der Waals surface area contributed by atoms with Gasteiger partial charge >= 0.3 is 0 Å². The van der Waals surface area contributed by atoms with Gasteiger partial charge in [-0.15, -0.1) is 0 Å². The van der Waals surface area contributed by atoms with E-state index in [4.69, 9.17) is 0 Å². The van der Waals surface area contributed by atoms with Crippen LogP contribution in [0.3, 0.4) is 0 Å². The molecule has 21 heavy (non-hydrogen) atoms. The Morgan fingerprint density at radius 3 is 2.62 bits per heavy atom. The third-order valence-corrected chi connectivity index (χ3v) is 4.52. The van der Waals surface area contributed by atoms with Gasteiger partial charge in [-0.3, -0.25) is 0 Å². The van der Waals surface area contributed by atoms with Crippen molar-refractivity contribution in [2.24, 2.45) is 0 Å². The van der Waals surface area contributed by atoms with Crippen molar-refractivity contribution in [1.29, 1.82) is 0 Å². The minimum Gasteiger partial charge on any atom is -0.395 e. The van der Waals surface area contributed by atoms with Crippen molar-refractivity contribution in [3.63, 3.8) is 0 Å². The summed E-state index contributed by atoms with van der Waals surface area (Å²) in [6.07, 6.45) is 3.40. The smallest absolute Gasteiger partial charge is 0.159 e. The van der Waals surface area contributed by atoms with Gasteiger partial charge in [0.15, 0.2) is 11.6 Å². The van der Waals surface area contributed by atoms with Gasteiger partial charge in [0.25, 0.3) is 0 Å². The van der Waals surface area contributed by atoms with Crippen LogP contribution in [-0.4, -0.2) is 11.7 Å². The quantitative estimate of drug-likeness (QED) is 0.911. The fraction of sp³-hybridized carbons (Fsp3) is 0.333. The number of benzene rings is 2. The van der Waals surface area contributed by atoms with Crippen molar-refractivity contribution in [3.8, 4) is 0 Å². The maximum atomic E-state index is 13.4.